The molecule has 3 rings (SSSR count). The zero-order valence-corrected chi connectivity index (χ0v) is 16.4. The Balaban J connectivity index is 1.82. The summed E-state index contributed by atoms with van der Waals surface area (Å²) in [6.45, 7) is 2.00. The first-order valence-corrected chi connectivity index (χ1v) is 9.33. The van der Waals surface area contributed by atoms with Crippen molar-refractivity contribution in [3.8, 4) is 11.5 Å². The minimum atomic E-state index is -0.104. The number of nitrogens with zero attached hydrogens (tertiary/aromatic N) is 1. The predicted octanol–water partition coefficient (Wildman–Crippen LogP) is 4.67. The predicted molar refractivity (Wildman–Crippen MR) is 109 cm³/mol. The van der Waals surface area contributed by atoms with E-state index in [0.29, 0.717) is 20.7 Å². The van der Waals surface area contributed by atoms with Gasteiger partial charge in [-0.05, 0) is 36.3 Å². The number of carbonyl (C=O) groups is 1. The minimum absolute atomic E-state index is 0.0861. The zero-order valence-electron chi connectivity index (χ0n) is 14.8. The van der Waals surface area contributed by atoms with E-state index in [0.717, 1.165) is 11.1 Å². The van der Waals surface area contributed by atoms with Crippen LogP contribution in [0.4, 0.5) is 0 Å². The van der Waals surface area contributed by atoms with Gasteiger partial charge in [-0.1, -0.05) is 60.4 Å². The molecule has 2 aromatic carbocycles. The van der Waals surface area contributed by atoms with Gasteiger partial charge < -0.3 is 9.47 Å². The fourth-order valence-corrected chi connectivity index (χ4v) is 3.73. The second-order valence-corrected chi connectivity index (χ2v) is 7.50. The third-order valence-corrected chi connectivity index (χ3v) is 5.53. The first-order valence-electron chi connectivity index (χ1n) is 8.11. The van der Waals surface area contributed by atoms with Crippen LogP contribution in [0, 0.1) is 0 Å². The van der Waals surface area contributed by atoms with Crippen LogP contribution in [-0.2, 0) is 4.79 Å². The number of thiocarbonyl (C=S) groups is 1. The quantitative estimate of drug-likeness (QED) is 0.553. The highest BCUT2D eigenvalue weighted by molar-refractivity contribution is 8.26. The number of rotatable bonds is 5. The van der Waals surface area contributed by atoms with Gasteiger partial charge in [-0.2, -0.15) is 0 Å². The summed E-state index contributed by atoms with van der Waals surface area (Å²) in [4.78, 5) is 14.2. The third-order valence-electron chi connectivity index (χ3n) is 4.04. The van der Waals surface area contributed by atoms with Crippen molar-refractivity contribution in [2.75, 3.05) is 14.2 Å². The van der Waals surface area contributed by atoms with Gasteiger partial charge in [-0.25, -0.2) is 0 Å². The molecule has 1 fully saturated rings. The summed E-state index contributed by atoms with van der Waals surface area (Å²) in [6, 6.07) is 15.6. The van der Waals surface area contributed by atoms with E-state index in [1.165, 1.54) is 16.7 Å². The van der Waals surface area contributed by atoms with E-state index in [-0.39, 0.29) is 12.0 Å². The molecule has 0 bridgehead atoms. The molecule has 0 spiro atoms. The van der Waals surface area contributed by atoms with E-state index in [9.17, 15) is 4.79 Å². The van der Waals surface area contributed by atoms with Crippen molar-refractivity contribution in [3.63, 3.8) is 0 Å². The molecule has 4 nitrogen and oxygen atoms in total. The number of methoxy groups -OCH3 is 1. The number of thioether (sulfide) groups is 1. The smallest absolute Gasteiger partial charge is 0.265 e. The third kappa shape index (κ3) is 3.92. The molecule has 26 heavy (non-hydrogen) atoms. The van der Waals surface area contributed by atoms with E-state index in [2.05, 4.69) is 0 Å². The summed E-state index contributed by atoms with van der Waals surface area (Å²) >= 11 is 6.46. The van der Waals surface area contributed by atoms with Gasteiger partial charge in [0.1, 0.15) is 10.4 Å². The molecule has 1 aliphatic heterocycles. The normalized spacial score (nSPS) is 16.9. The Bertz CT molecular complexity index is 865. The van der Waals surface area contributed by atoms with Crippen molar-refractivity contribution < 1.29 is 14.3 Å². The fraction of sp³-hybridized carbons (Fsp3) is 0.200. The first-order chi connectivity index (χ1) is 12.5. The summed E-state index contributed by atoms with van der Waals surface area (Å²) in [5, 5.41) is 0. The van der Waals surface area contributed by atoms with E-state index >= 15 is 0 Å². The second kappa shape index (κ2) is 7.93. The number of likely N-dealkylation sites (N-methyl/N-ethyl adjacent to an activating group) is 1. The van der Waals surface area contributed by atoms with Crippen LogP contribution in [0.5, 0.6) is 11.5 Å². The number of hydrogen-bond acceptors (Lipinski definition) is 5. The molecule has 0 radical (unpaired) electrons. The van der Waals surface area contributed by atoms with Crippen molar-refractivity contribution in [1.82, 2.24) is 4.90 Å². The molecule has 0 N–H and O–H groups in total. The molecule has 1 heterocycles. The Morgan fingerprint density at radius 1 is 1.15 bits per heavy atom. The molecule has 1 unspecified atom stereocenters. The van der Waals surface area contributed by atoms with Gasteiger partial charge in [0.15, 0.2) is 11.5 Å². The van der Waals surface area contributed by atoms with Crippen LogP contribution < -0.4 is 9.47 Å². The van der Waals surface area contributed by atoms with Gasteiger partial charge in [0.25, 0.3) is 5.91 Å². The average molecular weight is 386 g/mol. The average Bonchev–Trinajstić information content (AvgIpc) is 2.90. The van der Waals surface area contributed by atoms with Crippen LogP contribution >= 0.6 is 24.0 Å². The highest BCUT2D eigenvalue weighted by Crippen LogP contribution is 2.35. The molecule has 2 aromatic rings. The van der Waals surface area contributed by atoms with E-state index in [4.69, 9.17) is 21.7 Å². The zero-order chi connectivity index (χ0) is 18.7. The maximum atomic E-state index is 12.1. The summed E-state index contributed by atoms with van der Waals surface area (Å²) in [7, 11) is 3.28. The lowest BCUT2D eigenvalue weighted by atomic mass is 10.1. The van der Waals surface area contributed by atoms with Crippen LogP contribution in [0.2, 0.25) is 0 Å². The van der Waals surface area contributed by atoms with Gasteiger partial charge in [0.05, 0.1) is 12.0 Å². The fourth-order valence-electron chi connectivity index (χ4n) is 2.55. The summed E-state index contributed by atoms with van der Waals surface area (Å²) in [6.07, 6.45) is 1.71. The SMILES string of the molecule is COc1cc(/C=C2/SC(=S)N(C)C2=O)ccc1OC(C)c1ccccc1. The molecular weight excluding hydrogens is 366 g/mol. The Labute approximate surface area is 162 Å². The van der Waals surface area contributed by atoms with Crippen molar-refractivity contribution in [3.05, 3.63) is 64.6 Å². The largest absolute Gasteiger partial charge is 0.493 e. The second-order valence-electron chi connectivity index (χ2n) is 5.82. The first kappa shape index (κ1) is 18.5. The number of amides is 1. The molecule has 6 heteroatoms. The lowest BCUT2D eigenvalue weighted by molar-refractivity contribution is -0.121. The molecule has 1 atom stereocenters. The van der Waals surface area contributed by atoms with E-state index in [1.807, 2.05) is 61.5 Å². The van der Waals surface area contributed by atoms with Gasteiger partial charge in [-0.15, -0.1) is 0 Å². The Morgan fingerprint density at radius 3 is 2.50 bits per heavy atom. The standard InChI is InChI=1S/C20H19NO3S2/c1-13(15-7-5-4-6-8-15)24-16-10-9-14(11-17(16)23-3)12-18-19(22)21(2)20(25)26-18/h4-13H,1-3H3/b18-12+. The summed E-state index contributed by atoms with van der Waals surface area (Å²) < 4.78 is 12.1. The summed E-state index contributed by atoms with van der Waals surface area (Å²) in [5.41, 5.74) is 1.95. The molecule has 1 amide bonds. The topological polar surface area (TPSA) is 38.8 Å². The molecular formula is C20H19NO3S2. The lowest BCUT2D eigenvalue weighted by Crippen LogP contribution is -2.22. The molecule has 0 saturated carbocycles. The highest BCUT2D eigenvalue weighted by Gasteiger charge is 2.28. The summed E-state index contributed by atoms with van der Waals surface area (Å²) in [5.74, 6) is 1.19. The number of carbonyl (C=O) groups excluding carboxylic acids is 1. The van der Waals surface area contributed by atoms with Gasteiger partial charge in [-0.3, -0.25) is 9.69 Å². The van der Waals surface area contributed by atoms with Crippen LogP contribution in [0.3, 0.4) is 0 Å². The molecule has 0 aromatic heterocycles. The molecule has 0 aliphatic carbocycles. The van der Waals surface area contributed by atoms with Crippen LogP contribution in [0.25, 0.3) is 6.08 Å². The highest BCUT2D eigenvalue weighted by atomic mass is 32.2. The van der Waals surface area contributed by atoms with Crippen molar-refractivity contribution in [2.45, 2.75) is 13.0 Å². The van der Waals surface area contributed by atoms with Gasteiger partial charge in [0.2, 0.25) is 0 Å². The maximum Gasteiger partial charge on any atom is 0.265 e. The molecule has 134 valence electrons. The van der Waals surface area contributed by atoms with E-state index < -0.39 is 0 Å². The van der Waals surface area contributed by atoms with Crippen molar-refractivity contribution in [1.29, 1.82) is 0 Å². The van der Waals surface area contributed by atoms with Gasteiger partial charge >= 0.3 is 0 Å². The lowest BCUT2D eigenvalue weighted by Gasteiger charge is -2.17. The molecule has 1 aliphatic rings. The Morgan fingerprint density at radius 2 is 1.88 bits per heavy atom. The van der Waals surface area contributed by atoms with E-state index in [1.54, 1.807) is 14.2 Å². The molecule has 1 saturated heterocycles. The Hall–Kier alpha value is -2.31. The minimum Gasteiger partial charge on any atom is -0.493 e. The number of ether oxygens (including phenoxy) is 2. The van der Waals surface area contributed by atoms with Crippen LogP contribution in [0.1, 0.15) is 24.2 Å². The van der Waals surface area contributed by atoms with Crippen LogP contribution in [-0.4, -0.2) is 29.3 Å². The Kier molecular flexibility index (Phi) is 5.64. The maximum absolute atomic E-state index is 12.1. The van der Waals surface area contributed by atoms with Crippen LogP contribution in [0.15, 0.2) is 53.4 Å². The monoisotopic (exact) mass is 385 g/mol. The number of benzene rings is 2. The van der Waals surface area contributed by atoms with Crippen molar-refractivity contribution >= 4 is 40.3 Å². The van der Waals surface area contributed by atoms with Gasteiger partial charge in [0, 0.05) is 7.05 Å². The van der Waals surface area contributed by atoms with Crippen molar-refractivity contribution in [2.24, 2.45) is 0 Å². The number of hydrogen-bond donors (Lipinski definition) is 0.